The quantitative estimate of drug-likeness (QED) is 0.520. The van der Waals surface area contributed by atoms with Crippen molar-refractivity contribution < 1.29 is 14.3 Å². The molecule has 0 radical (unpaired) electrons. The number of nitrogens with zero attached hydrogens (tertiary/aromatic N) is 6. The molecule has 0 aromatic carbocycles. The number of hydrogen-bond acceptors (Lipinski definition) is 6. The van der Waals surface area contributed by atoms with Gasteiger partial charge in [0.25, 0.3) is 0 Å². The van der Waals surface area contributed by atoms with Crippen LogP contribution in [0.4, 0.5) is 4.79 Å². The summed E-state index contributed by atoms with van der Waals surface area (Å²) in [7, 11) is 0. The first-order chi connectivity index (χ1) is 8.46. The van der Waals surface area contributed by atoms with Crippen molar-refractivity contribution in [3.05, 3.63) is 34.3 Å². The molecule has 0 saturated heterocycles. The Morgan fingerprint density at radius 2 is 1.33 bits per heavy atom. The highest BCUT2D eigenvalue weighted by Crippen LogP contribution is 2.20. The van der Waals surface area contributed by atoms with E-state index in [1.165, 1.54) is 0 Å². The lowest BCUT2D eigenvalue weighted by Gasteiger charge is -2.08. The molecule has 9 nitrogen and oxygen atoms in total. The first-order valence-electron chi connectivity index (χ1n) is 3.78. The maximum Gasteiger partial charge on any atom is 0.963 e. The number of carbonyl (C=O) groups is 1. The Morgan fingerprint density at radius 3 is 1.61 bits per heavy atom. The zero-order valence-corrected chi connectivity index (χ0v) is 8.41. The second-order valence-corrected chi connectivity index (χ2v) is 2.38. The lowest BCUT2D eigenvalue weighted by Crippen LogP contribution is -2.34. The van der Waals surface area contributed by atoms with Crippen LogP contribution in [-0.4, -0.2) is 17.7 Å². The fraction of sp³-hybridized carbons (Fsp3) is 0.222. The Morgan fingerprint density at radius 1 is 0.944 bits per heavy atom. The molecule has 0 heterocycles. The van der Waals surface area contributed by atoms with E-state index < -0.39 is 17.7 Å². The first kappa shape index (κ1) is 14.2. The normalized spacial score (nSPS) is 9.00. The van der Waals surface area contributed by atoms with Gasteiger partial charge in [-0.3, -0.25) is 0 Å². The number of nitriles is 3. The second kappa shape index (κ2) is 5.34. The van der Waals surface area contributed by atoms with E-state index in [0.29, 0.717) is 0 Å². The van der Waals surface area contributed by atoms with Crippen molar-refractivity contribution in [2.24, 2.45) is 0 Å². The van der Waals surface area contributed by atoms with Crippen molar-refractivity contribution >= 4 is 6.16 Å². The molecule has 0 aliphatic rings. The molecule has 0 amide bonds. The molecule has 84 valence electrons. The zero-order valence-electron chi connectivity index (χ0n) is 8.41. The first-order valence-corrected chi connectivity index (χ1v) is 3.78. The van der Waals surface area contributed by atoms with Crippen molar-refractivity contribution in [2.75, 3.05) is 0 Å². The monoisotopic (exact) mass is 240 g/mol. The van der Waals surface area contributed by atoms with Crippen molar-refractivity contribution in [1.82, 2.24) is 0 Å². The van der Waals surface area contributed by atoms with Crippen molar-refractivity contribution in [1.29, 1.82) is 15.8 Å². The molecular weight excluding hydrogens is 240 g/mol. The summed E-state index contributed by atoms with van der Waals surface area (Å²) in [5.41, 5.74) is -2.76. The fourth-order valence-corrected chi connectivity index (χ4v) is 0.545. The van der Waals surface area contributed by atoms with Crippen molar-refractivity contribution in [3.63, 3.8) is 0 Å². The number of rotatable bonds is 2. The van der Waals surface area contributed by atoms with Gasteiger partial charge in [0.05, 0.1) is 0 Å². The molecule has 0 aromatic rings. The summed E-state index contributed by atoms with van der Waals surface area (Å²) in [5, 5.41) is 25.5. The topological polar surface area (TPSA) is 120 Å². The van der Waals surface area contributed by atoms with Gasteiger partial charge in [-0.25, -0.2) is 29.2 Å². The van der Waals surface area contributed by atoms with E-state index in [9.17, 15) is 4.79 Å². The average Bonchev–Trinajstić information content (AvgIpc) is 2.42. The molecule has 0 aliphatic carbocycles. The van der Waals surface area contributed by atoms with Crippen LogP contribution in [0.3, 0.4) is 0 Å². The molecular formula is C9N6O3. The third-order valence-electron chi connectivity index (χ3n) is 1.37. The standard InChI is InChI=1S/C9N6O3/c1-13-9(14-2,15-3)18-7(16)17-8(4-10,5-11)6-12. The summed E-state index contributed by atoms with van der Waals surface area (Å²) in [6, 6.07) is 3.32. The summed E-state index contributed by atoms with van der Waals surface area (Å²) < 4.78 is 8.14. The molecule has 0 aliphatic heterocycles. The molecule has 0 fully saturated rings. The van der Waals surface area contributed by atoms with Gasteiger partial charge < -0.3 is 4.74 Å². The van der Waals surface area contributed by atoms with E-state index >= 15 is 0 Å². The van der Waals surface area contributed by atoms with Crippen LogP contribution in [0.2, 0.25) is 0 Å². The average molecular weight is 240 g/mol. The smallest absolute Gasteiger partial charge is 0.384 e. The van der Waals surface area contributed by atoms with Crippen LogP contribution < -0.4 is 0 Å². The highest BCUT2D eigenvalue weighted by Gasteiger charge is 2.61. The van der Waals surface area contributed by atoms with Crippen LogP contribution in [0, 0.1) is 53.7 Å². The summed E-state index contributed by atoms with van der Waals surface area (Å²) in [6.07, 6.45) is -1.82. The summed E-state index contributed by atoms with van der Waals surface area (Å²) in [5.74, 6) is -2.82. The number of hydrogen-bond donors (Lipinski definition) is 0. The van der Waals surface area contributed by atoms with E-state index in [0.717, 1.165) is 18.2 Å². The summed E-state index contributed by atoms with van der Waals surface area (Å²) in [4.78, 5) is 18.5. The van der Waals surface area contributed by atoms with Gasteiger partial charge in [0.15, 0.2) is 0 Å². The maximum absolute atomic E-state index is 11.1. The minimum absolute atomic E-state index is 1.11. The van der Waals surface area contributed by atoms with Gasteiger partial charge in [-0.15, -0.1) is 0 Å². The SMILES string of the molecule is [C-]#[N+]C([N+]#[C-])([N+]#[C-])OC(=O)OC(C#N)(C#N)C#N. The third-order valence-corrected chi connectivity index (χ3v) is 1.37. The molecule has 9 heteroatoms. The van der Waals surface area contributed by atoms with Crippen LogP contribution in [-0.2, 0) is 9.47 Å². The molecule has 0 saturated carbocycles. The van der Waals surface area contributed by atoms with Crippen molar-refractivity contribution in [2.45, 2.75) is 11.6 Å². The van der Waals surface area contributed by atoms with Gasteiger partial charge in [0.2, 0.25) is 0 Å². The van der Waals surface area contributed by atoms with Gasteiger partial charge in [0, 0.05) is 0 Å². The van der Waals surface area contributed by atoms with E-state index in [-0.39, 0.29) is 0 Å². The molecule has 0 atom stereocenters. The van der Waals surface area contributed by atoms with Gasteiger partial charge in [-0.05, 0) is 0 Å². The van der Waals surface area contributed by atoms with E-state index in [2.05, 4.69) is 24.0 Å². The molecule has 0 aromatic heterocycles. The summed E-state index contributed by atoms with van der Waals surface area (Å²) >= 11 is 0. The number of ether oxygens (including phenoxy) is 2. The molecule has 18 heavy (non-hydrogen) atoms. The minimum Gasteiger partial charge on any atom is -0.384 e. The second-order valence-electron chi connectivity index (χ2n) is 2.38. The Kier molecular flexibility index (Phi) is 4.21. The molecule has 0 rings (SSSR count). The fourth-order valence-electron chi connectivity index (χ4n) is 0.545. The Bertz CT molecular complexity index is 486. The van der Waals surface area contributed by atoms with Gasteiger partial charge in [-0.1, -0.05) is 14.5 Å². The summed E-state index contributed by atoms with van der Waals surface area (Å²) in [6.45, 7) is 19.6. The van der Waals surface area contributed by atoms with Crippen LogP contribution in [0.1, 0.15) is 0 Å². The van der Waals surface area contributed by atoms with Gasteiger partial charge in [-0.2, -0.15) is 15.8 Å². The lowest BCUT2D eigenvalue weighted by atomic mass is 10.1. The van der Waals surface area contributed by atoms with Crippen molar-refractivity contribution in [3.8, 4) is 18.2 Å². The Hall–Kier alpha value is -3.79. The predicted molar refractivity (Wildman–Crippen MR) is 49.7 cm³/mol. The molecule has 0 spiro atoms. The van der Waals surface area contributed by atoms with Gasteiger partial charge in [0.1, 0.15) is 18.2 Å². The van der Waals surface area contributed by atoms with Gasteiger partial charge >= 0.3 is 17.7 Å². The maximum atomic E-state index is 11.1. The van der Waals surface area contributed by atoms with Crippen LogP contribution in [0.15, 0.2) is 0 Å². The van der Waals surface area contributed by atoms with Crippen LogP contribution in [0.5, 0.6) is 0 Å². The Balaban J connectivity index is 5.11. The number of carbonyl (C=O) groups excluding carboxylic acids is 1. The lowest BCUT2D eigenvalue weighted by molar-refractivity contribution is 0.00684. The minimum atomic E-state index is -2.82. The highest BCUT2D eigenvalue weighted by atomic mass is 16.8. The largest absolute Gasteiger partial charge is 0.963 e. The predicted octanol–water partition coefficient (Wildman–Crippen LogP) is 0.818. The zero-order chi connectivity index (χ0) is 14.2. The Labute approximate surface area is 101 Å². The molecule has 0 unspecified atom stereocenters. The molecule has 0 N–H and O–H groups in total. The van der Waals surface area contributed by atoms with E-state index in [4.69, 9.17) is 35.5 Å². The highest BCUT2D eigenvalue weighted by molar-refractivity contribution is 5.64. The van der Waals surface area contributed by atoms with Crippen LogP contribution in [0.25, 0.3) is 14.5 Å². The van der Waals surface area contributed by atoms with Crippen LogP contribution >= 0.6 is 0 Å². The van der Waals surface area contributed by atoms with E-state index in [1.54, 1.807) is 0 Å². The third kappa shape index (κ3) is 2.62. The van der Waals surface area contributed by atoms with E-state index in [1.807, 2.05) is 0 Å². The molecule has 0 bridgehead atoms.